The van der Waals surface area contributed by atoms with Crippen molar-refractivity contribution >= 4 is 21.6 Å². The van der Waals surface area contributed by atoms with Gasteiger partial charge in [0.25, 0.3) is 0 Å². The molecule has 1 heterocycles. The van der Waals surface area contributed by atoms with E-state index in [9.17, 15) is 0 Å². The second kappa shape index (κ2) is 6.18. The highest BCUT2D eigenvalue weighted by Crippen LogP contribution is 2.32. The molecule has 20 heavy (non-hydrogen) atoms. The van der Waals surface area contributed by atoms with Crippen LogP contribution in [0.15, 0.2) is 46.9 Å². The van der Waals surface area contributed by atoms with Crippen LogP contribution >= 0.6 is 15.9 Å². The van der Waals surface area contributed by atoms with Crippen LogP contribution in [0.1, 0.15) is 12.0 Å². The molecule has 0 radical (unpaired) electrons. The predicted molar refractivity (Wildman–Crippen MR) is 83.5 cm³/mol. The van der Waals surface area contributed by atoms with Crippen molar-refractivity contribution in [3.05, 3.63) is 52.5 Å². The molecule has 0 aliphatic carbocycles. The Morgan fingerprint density at radius 2 is 1.85 bits per heavy atom. The molecule has 3 nitrogen and oxygen atoms in total. The zero-order valence-electron chi connectivity index (χ0n) is 11.1. The Hall–Kier alpha value is -1.68. The first-order valence-corrected chi connectivity index (χ1v) is 7.48. The van der Waals surface area contributed by atoms with Crippen LogP contribution < -0.4 is 14.8 Å². The van der Waals surface area contributed by atoms with Crippen molar-refractivity contribution in [1.82, 2.24) is 0 Å². The fourth-order valence-electron chi connectivity index (χ4n) is 2.12. The lowest BCUT2D eigenvalue weighted by Gasteiger charge is -2.11. The molecular formula is C16H16BrNO2. The maximum atomic E-state index is 5.69. The second-order valence-corrected chi connectivity index (χ2v) is 5.61. The molecule has 0 spiro atoms. The standard InChI is InChI=1S/C16H16BrNO2/c17-13-4-1-3-12(9-13)11-18-14-5-6-15-16(10-14)20-8-2-7-19-15/h1,3-6,9-10,18H,2,7-8,11H2. The Morgan fingerprint density at radius 3 is 2.70 bits per heavy atom. The van der Waals surface area contributed by atoms with Crippen LogP contribution in [0.25, 0.3) is 0 Å². The average molecular weight is 334 g/mol. The van der Waals surface area contributed by atoms with Crippen molar-refractivity contribution in [2.24, 2.45) is 0 Å². The Bertz CT molecular complexity index is 601. The van der Waals surface area contributed by atoms with Gasteiger partial charge >= 0.3 is 0 Å². The zero-order chi connectivity index (χ0) is 13.8. The minimum absolute atomic E-state index is 0.710. The number of halogens is 1. The van der Waals surface area contributed by atoms with Crippen LogP contribution in [0.5, 0.6) is 11.5 Å². The van der Waals surface area contributed by atoms with Crippen molar-refractivity contribution in [3.8, 4) is 11.5 Å². The van der Waals surface area contributed by atoms with Crippen molar-refractivity contribution < 1.29 is 9.47 Å². The maximum absolute atomic E-state index is 5.69. The highest BCUT2D eigenvalue weighted by molar-refractivity contribution is 9.10. The van der Waals surface area contributed by atoms with Gasteiger partial charge in [-0.3, -0.25) is 0 Å². The van der Waals surface area contributed by atoms with E-state index in [-0.39, 0.29) is 0 Å². The number of anilines is 1. The van der Waals surface area contributed by atoms with E-state index in [1.54, 1.807) is 0 Å². The smallest absolute Gasteiger partial charge is 0.163 e. The fourth-order valence-corrected chi connectivity index (χ4v) is 2.57. The van der Waals surface area contributed by atoms with E-state index < -0.39 is 0 Å². The number of fused-ring (bicyclic) bond motifs is 1. The molecule has 0 atom stereocenters. The predicted octanol–water partition coefficient (Wildman–Crippen LogP) is 4.22. The van der Waals surface area contributed by atoms with E-state index in [1.807, 2.05) is 30.3 Å². The molecule has 0 saturated carbocycles. The lowest BCUT2D eigenvalue weighted by molar-refractivity contribution is 0.297. The van der Waals surface area contributed by atoms with Gasteiger partial charge in [-0.1, -0.05) is 28.1 Å². The summed E-state index contributed by atoms with van der Waals surface area (Å²) in [5.41, 5.74) is 2.26. The number of hydrogen-bond donors (Lipinski definition) is 1. The highest BCUT2D eigenvalue weighted by Gasteiger charge is 2.10. The SMILES string of the molecule is Brc1cccc(CNc2ccc3c(c2)OCCCO3)c1. The van der Waals surface area contributed by atoms with Crippen LogP contribution in [0.3, 0.4) is 0 Å². The van der Waals surface area contributed by atoms with E-state index in [0.717, 1.165) is 41.2 Å². The molecule has 2 aromatic rings. The molecule has 0 saturated heterocycles. The largest absolute Gasteiger partial charge is 0.490 e. The van der Waals surface area contributed by atoms with Crippen LogP contribution in [0.4, 0.5) is 5.69 Å². The molecule has 0 unspecified atom stereocenters. The van der Waals surface area contributed by atoms with Crippen molar-refractivity contribution in [3.63, 3.8) is 0 Å². The van der Waals surface area contributed by atoms with Gasteiger partial charge in [-0.05, 0) is 29.8 Å². The number of benzene rings is 2. The number of ether oxygens (including phenoxy) is 2. The summed E-state index contributed by atoms with van der Waals surface area (Å²) in [6.07, 6.45) is 0.926. The lowest BCUT2D eigenvalue weighted by Crippen LogP contribution is -2.00. The van der Waals surface area contributed by atoms with Gasteiger partial charge in [-0.2, -0.15) is 0 Å². The third kappa shape index (κ3) is 3.25. The van der Waals surface area contributed by atoms with Gasteiger partial charge in [-0.25, -0.2) is 0 Å². The van der Waals surface area contributed by atoms with Gasteiger partial charge in [0.1, 0.15) is 0 Å². The minimum Gasteiger partial charge on any atom is -0.490 e. The van der Waals surface area contributed by atoms with Gasteiger partial charge in [0.15, 0.2) is 11.5 Å². The van der Waals surface area contributed by atoms with E-state index in [2.05, 4.69) is 33.4 Å². The number of rotatable bonds is 3. The van der Waals surface area contributed by atoms with Crippen LogP contribution in [-0.4, -0.2) is 13.2 Å². The van der Waals surface area contributed by atoms with E-state index in [0.29, 0.717) is 6.61 Å². The molecule has 0 fully saturated rings. The average Bonchev–Trinajstić information content (AvgIpc) is 2.70. The second-order valence-electron chi connectivity index (χ2n) is 4.70. The number of nitrogens with one attached hydrogen (secondary N) is 1. The molecule has 1 aliphatic heterocycles. The molecule has 1 aliphatic rings. The van der Waals surface area contributed by atoms with Crippen LogP contribution in [0.2, 0.25) is 0 Å². The molecule has 2 aromatic carbocycles. The molecular weight excluding hydrogens is 318 g/mol. The van der Waals surface area contributed by atoms with Gasteiger partial charge < -0.3 is 14.8 Å². The Labute approximate surface area is 127 Å². The Morgan fingerprint density at radius 1 is 1.00 bits per heavy atom. The summed E-state index contributed by atoms with van der Waals surface area (Å²) in [4.78, 5) is 0. The molecule has 0 bridgehead atoms. The third-order valence-electron chi connectivity index (χ3n) is 3.13. The summed E-state index contributed by atoms with van der Waals surface area (Å²) in [6.45, 7) is 2.21. The Kier molecular flexibility index (Phi) is 4.11. The molecule has 0 aromatic heterocycles. The van der Waals surface area contributed by atoms with Crippen LogP contribution in [0, 0.1) is 0 Å². The summed E-state index contributed by atoms with van der Waals surface area (Å²) < 4.78 is 12.4. The summed E-state index contributed by atoms with van der Waals surface area (Å²) in [7, 11) is 0. The van der Waals surface area contributed by atoms with E-state index in [1.165, 1.54) is 5.56 Å². The van der Waals surface area contributed by atoms with E-state index >= 15 is 0 Å². The summed E-state index contributed by atoms with van der Waals surface area (Å²) in [5, 5.41) is 3.40. The quantitative estimate of drug-likeness (QED) is 0.912. The zero-order valence-corrected chi connectivity index (χ0v) is 12.7. The molecule has 4 heteroatoms. The first-order chi connectivity index (χ1) is 9.81. The number of hydrogen-bond acceptors (Lipinski definition) is 3. The monoisotopic (exact) mass is 333 g/mol. The van der Waals surface area contributed by atoms with Crippen LogP contribution in [-0.2, 0) is 6.54 Å². The first kappa shape index (κ1) is 13.3. The molecule has 0 amide bonds. The Balaban J connectivity index is 1.70. The van der Waals surface area contributed by atoms with E-state index in [4.69, 9.17) is 9.47 Å². The maximum Gasteiger partial charge on any atom is 0.163 e. The van der Waals surface area contributed by atoms with Crippen molar-refractivity contribution in [1.29, 1.82) is 0 Å². The fraction of sp³-hybridized carbons (Fsp3) is 0.250. The lowest BCUT2D eigenvalue weighted by atomic mass is 10.2. The summed E-state index contributed by atoms with van der Waals surface area (Å²) in [6, 6.07) is 14.2. The minimum atomic E-state index is 0.710. The van der Waals surface area contributed by atoms with Gasteiger partial charge in [0, 0.05) is 29.2 Å². The molecule has 1 N–H and O–H groups in total. The molecule has 3 rings (SSSR count). The van der Waals surface area contributed by atoms with Gasteiger partial charge in [0.05, 0.1) is 13.2 Å². The van der Waals surface area contributed by atoms with Crippen molar-refractivity contribution in [2.75, 3.05) is 18.5 Å². The highest BCUT2D eigenvalue weighted by atomic mass is 79.9. The van der Waals surface area contributed by atoms with Gasteiger partial charge in [0.2, 0.25) is 0 Å². The first-order valence-electron chi connectivity index (χ1n) is 6.69. The molecule has 104 valence electrons. The normalized spacial score (nSPS) is 13.7. The summed E-state index contributed by atoms with van der Waals surface area (Å²) >= 11 is 3.48. The third-order valence-corrected chi connectivity index (χ3v) is 3.63. The summed E-state index contributed by atoms with van der Waals surface area (Å²) in [5.74, 6) is 1.65. The van der Waals surface area contributed by atoms with Gasteiger partial charge in [-0.15, -0.1) is 0 Å². The topological polar surface area (TPSA) is 30.5 Å². The van der Waals surface area contributed by atoms with Crippen molar-refractivity contribution in [2.45, 2.75) is 13.0 Å².